The number of rotatable bonds is 6. The third-order valence-corrected chi connectivity index (χ3v) is 4.42. The van der Waals surface area contributed by atoms with E-state index in [9.17, 15) is 21.6 Å². The van der Waals surface area contributed by atoms with Crippen molar-refractivity contribution in [2.75, 3.05) is 6.54 Å². The highest BCUT2D eigenvalue weighted by Crippen LogP contribution is 2.33. The van der Waals surface area contributed by atoms with Gasteiger partial charge in [-0.2, -0.15) is 13.2 Å². The maximum Gasteiger partial charge on any atom is 0.417 e. The largest absolute Gasteiger partial charge is 0.417 e. The van der Waals surface area contributed by atoms with Crippen molar-refractivity contribution in [2.24, 2.45) is 0 Å². The summed E-state index contributed by atoms with van der Waals surface area (Å²) in [6.45, 7) is 0.0136. The molecule has 0 saturated heterocycles. The summed E-state index contributed by atoms with van der Waals surface area (Å²) in [4.78, 5) is -0.771. The van der Waals surface area contributed by atoms with Crippen LogP contribution in [0, 0.1) is 0 Å². The molecule has 1 aromatic carbocycles. The number of nitrogens with one attached hydrogen (secondary N) is 1. The van der Waals surface area contributed by atoms with Gasteiger partial charge in [0.15, 0.2) is 0 Å². The van der Waals surface area contributed by atoms with E-state index in [0.717, 1.165) is 23.8 Å². The summed E-state index contributed by atoms with van der Waals surface area (Å²) in [7, 11) is -4.22. The molecule has 9 heteroatoms. The van der Waals surface area contributed by atoms with E-state index in [1.165, 1.54) is 18.5 Å². The van der Waals surface area contributed by atoms with E-state index >= 15 is 0 Å². The Hall–Kier alpha value is -1.87. The van der Waals surface area contributed by atoms with Crippen molar-refractivity contribution in [3.63, 3.8) is 0 Å². The van der Waals surface area contributed by atoms with Gasteiger partial charge in [0, 0.05) is 12.1 Å². The van der Waals surface area contributed by atoms with Gasteiger partial charge in [0.25, 0.3) is 0 Å². The fourth-order valence-electron chi connectivity index (χ4n) is 1.86. The minimum atomic E-state index is -4.73. The number of aromatic nitrogens is 1. The highest BCUT2D eigenvalue weighted by Gasteiger charge is 2.36. The van der Waals surface area contributed by atoms with E-state index in [4.69, 9.17) is 0 Å². The summed E-state index contributed by atoms with van der Waals surface area (Å²) in [6, 6.07) is 4.07. The van der Waals surface area contributed by atoms with Crippen LogP contribution in [0.15, 0.2) is 46.1 Å². The third-order valence-electron chi connectivity index (χ3n) is 2.90. The lowest BCUT2D eigenvalue weighted by molar-refractivity contribution is -0.139. The molecule has 1 heterocycles. The topological polar surface area (TPSA) is 72.2 Å². The third kappa shape index (κ3) is 4.08. The van der Waals surface area contributed by atoms with Crippen LogP contribution < -0.4 is 4.72 Å². The second-order valence-electron chi connectivity index (χ2n) is 4.53. The predicted octanol–water partition coefficient (Wildman–Crippen LogP) is 2.60. The first-order valence-electron chi connectivity index (χ1n) is 6.35. The number of alkyl halides is 3. The maximum atomic E-state index is 12.8. The number of nitrogens with zero attached hydrogens (tertiary/aromatic N) is 1. The Morgan fingerprint density at radius 1 is 1.23 bits per heavy atom. The molecule has 0 aliphatic carbocycles. The second-order valence-corrected chi connectivity index (χ2v) is 6.26. The molecule has 1 N–H and O–H groups in total. The molecule has 22 heavy (non-hydrogen) atoms. The van der Waals surface area contributed by atoms with Gasteiger partial charge in [0.2, 0.25) is 10.0 Å². The first-order chi connectivity index (χ1) is 10.3. The number of aryl methyl sites for hydroxylation is 1. The molecule has 0 bridgehead atoms. The van der Waals surface area contributed by atoms with Crippen LogP contribution in [0.25, 0.3) is 0 Å². The average molecular weight is 334 g/mol. The summed E-state index contributed by atoms with van der Waals surface area (Å²) in [6.07, 6.45) is -0.893. The molecule has 0 amide bonds. The van der Waals surface area contributed by atoms with Crippen LogP contribution in [-0.4, -0.2) is 20.1 Å². The standard InChI is InChI=1S/C13H13F3N2O3S/c14-13(15,16)11-5-1-2-6-12(11)22(19,20)18-7-3-4-10-8-17-21-9-10/h1-2,5-6,8-9,18H,3-4,7H2. The summed E-state index contributed by atoms with van der Waals surface area (Å²) in [5, 5.41) is 3.50. The van der Waals surface area contributed by atoms with Gasteiger partial charge in [-0.15, -0.1) is 0 Å². The summed E-state index contributed by atoms with van der Waals surface area (Å²) < 4.78 is 69.4. The zero-order chi connectivity index (χ0) is 16.2. The van der Waals surface area contributed by atoms with Gasteiger partial charge in [0.1, 0.15) is 6.26 Å². The van der Waals surface area contributed by atoms with Crippen molar-refractivity contribution in [3.05, 3.63) is 47.9 Å². The van der Waals surface area contributed by atoms with Crippen LogP contribution in [0.1, 0.15) is 17.5 Å². The molecule has 0 radical (unpaired) electrons. The molecule has 0 saturated carbocycles. The Labute approximate surface area is 125 Å². The van der Waals surface area contributed by atoms with E-state index in [1.807, 2.05) is 0 Å². The fourth-order valence-corrected chi connectivity index (χ4v) is 3.16. The molecule has 1 aromatic heterocycles. The first-order valence-corrected chi connectivity index (χ1v) is 7.83. The van der Waals surface area contributed by atoms with E-state index in [-0.39, 0.29) is 6.54 Å². The Balaban J connectivity index is 2.04. The molecule has 5 nitrogen and oxygen atoms in total. The zero-order valence-corrected chi connectivity index (χ0v) is 12.1. The van der Waals surface area contributed by atoms with E-state index < -0.39 is 26.7 Å². The monoisotopic (exact) mass is 334 g/mol. The van der Waals surface area contributed by atoms with Crippen LogP contribution in [0.5, 0.6) is 0 Å². The average Bonchev–Trinajstić information content (AvgIpc) is 2.96. The smallest absolute Gasteiger partial charge is 0.364 e. The Morgan fingerprint density at radius 2 is 1.95 bits per heavy atom. The molecule has 0 aliphatic rings. The quantitative estimate of drug-likeness (QED) is 0.824. The molecule has 2 rings (SSSR count). The summed E-state index contributed by atoms with van der Waals surface area (Å²) >= 11 is 0. The Kier molecular flexibility index (Phi) is 4.87. The second kappa shape index (κ2) is 6.49. The van der Waals surface area contributed by atoms with Gasteiger partial charge < -0.3 is 4.52 Å². The number of sulfonamides is 1. The normalized spacial score (nSPS) is 12.5. The first kappa shape index (κ1) is 16.5. The minimum absolute atomic E-state index is 0.0136. The molecule has 0 unspecified atom stereocenters. The van der Waals surface area contributed by atoms with Crippen molar-refractivity contribution in [2.45, 2.75) is 23.9 Å². The van der Waals surface area contributed by atoms with Gasteiger partial charge in [-0.1, -0.05) is 17.3 Å². The molecule has 0 spiro atoms. The fraction of sp³-hybridized carbons (Fsp3) is 0.308. The van der Waals surface area contributed by atoms with Gasteiger partial charge >= 0.3 is 6.18 Å². The maximum absolute atomic E-state index is 12.8. The number of hydrogen-bond acceptors (Lipinski definition) is 4. The number of hydrogen-bond donors (Lipinski definition) is 1. The lowest BCUT2D eigenvalue weighted by Crippen LogP contribution is -2.27. The van der Waals surface area contributed by atoms with Gasteiger partial charge in [-0.05, 0) is 25.0 Å². The lowest BCUT2D eigenvalue weighted by Gasteiger charge is -2.13. The highest BCUT2D eigenvalue weighted by molar-refractivity contribution is 7.89. The minimum Gasteiger partial charge on any atom is -0.364 e. The van der Waals surface area contributed by atoms with Crippen LogP contribution in [-0.2, 0) is 22.6 Å². The van der Waals surface area contributed by atoms with Crippen LogP contribution in [0.2, 0.25) is 0 Å². The predicted molar refractivity (Wildman–Crippen MR) is 71.5 cm³/mol. The van der Waals surface area contributed by atoms with Crippen LogP contribution >= 0.6 is 0 Å². The lowest BCUT2D eigenvalue weighted by atomic mass is 10.2. The van der Waals surface area contributed by atoms with E-state index in [2.05, 4.69) is 14.4 Å². The molecular weight excluding hydrogens is 321 g/mol. The van der Waals surface area contributed by atoms with Crippen molar-refractivity contribution in [1.82, 2.24) is 9.88 Å². The summed E-state index contributed by atoms with van der Waals surface area (Å²) in [5.74, 6) is 0. The molecule has 120 valence electrons. The zero-order valence-electron chi connectivity index (χ0n) is 11.3. The number of halogens is 3. The van der Waals surface area contributed by atoms with Gasteiger partial charge in [-0.3, -0.25) is 0 Å². The van der Waals surface area contributed by atoms with E-state index in [1.54, 1.807) is 0 Å². The SMILES string of the molecule is O=S(=O)(NCCCc1cnoc1)c1ccccc1C(F)(F)F. The van der Waals surface area contributed by atoms with Crippen molar-refractivity contribution in [1.29, 1.82) is 0 Å². The van der Waals surface area contributed by atoms with Gasteiger partial charge in [0.05, 0.1) is 16.7 Å². The highest BCUT2D eigenvalue weighted by atomic mass is 32.2. The van der Waals surface area contributed by atoms with Crippen LogP contribution in [0.4, 0.5) is 13.2 Å². The Morgan fingerprint density at radius 3 is 2.59 bits per heavy atom. The summed E-state index contributed by atoms with van der Waals surface area (Å²) in [5.41, 5.74) is -0.392. The van der Waals surface area contributed by atoms with Crippen LogP contribution in [0.3, 0.4) is 0 Å². The number of benzene rings is 1. The Bertz CT molecular complexity index is 712. The van der Waals surface area contributed by atoms with Gasteiger partial charge in [-0.25, -0.2) is 13.1 Å². The molecule has 2 aromatic rings. The molecule has 0 aliphatic heterocycles. The molecule has 0 atom stereocenters. The van der Waals surface area contributed by atoms with E-state index in [0.29, 0.717) is 12.8 Å². The molecular formula is C13H13F3N2O3S. The van der Waals surface area contributed by atoms with Crippen molar-refractivity contribution < 1.29 is 26.1 Å². The van der Waals surface area contributed by atoms with Crippen molar-refractivity contribution in [3.8, 4) is 0 Å². The molecule has 0 fully saturated rings. The van der Waals surface area contributed by atoms with Crippen molar-refractivity contribution >= 4 is 10.0 Å².